The molecule has 0 aliphatic heterocycles. The summed E-state index contributed by atoms with van der Waals surface area (Å²) in [6.07, 6.45) is 7.39. The third-order valence-electron chi connectivity index (χ3n) is 6.83. The van der Waals surface area contributed by atoms with Crippen molar-refractivity contribution in [1.29, 1.82) is 0 Å². The fourth-order valence-electron chi connectivity index (χ4n) is 5.69. The van der Waals surface area contributed by atoms with Crippen molar-refractivity contribution in [2.75, 3.05) is 7.11 Å². The van der Waals surface area contributed by atoms with Crippen molar-refractivity contribution in [3.63, 3.8) is 0 Å². The number of methoxy groups -OCH3 is 1. The molecule has 0 aromatic heterocycles. The molecule has 118 valence electrons. The molecule has 0 spiro atoms. The van der Waals surface area contributed by atoms with E-state index >= 15 is 0 Å². The monoisotopic (exact) mass is 298 g/mol. The molecule has 0 radical (unpaired) electrons. The predicted molar refractivity (Wildman–Crippen MR) is 89.2 cm³/mol. The van der Waals surface area contributed by atoms with Gasteiger partial charge in [-0.2, -0.15) is 5.10 Å². The molecule has 0 saturated heterocycles. The highest BCUT2D eigenvalue weighted by Crippen LogP contribution is 2.59. The second-order valence-electron chi connectivity index (χ2n) is 7.55. The lowest BCUT2D eigenvalue weighted by Crippen LogP contribution is -2.42. The van der Waals surface area contributed by atoms with E-state index in [2.05, 4.69) is 30.2 Å². The number of benzene rings is 1. The Morgan fingerprint density at radius 2 is 2.09 bits per heavy atom. The standard InChI is InChI=1S/C19H26N2O/c1-19-10-9-15-14-6-4-13(22-2)11-12(14)3-5-16(15)17(19)7-8-18(19)21-20/h4,6,11,15-17H,3,5,7-10,20H2,1-2H3/b21-18-/t15-,16+,17+,19-/m1/s1. The zero-order valence-corrected chi connectivity index (χ0v) is 13.6. The molecule has 3 heteroatoms. The van der Waals surface area contributed by atoms with E-state index in [0.717, 1.165) is 29.9 Å². The van der Waals surface area contributed by atoms with Gasteiger partial charge in [0.15, 0.2) is 0 Å². The zero-order valence-electron chi connectivity index (χ0n) is 13.6. The first-order valence-electron chi connectivity index (χ1n) is 8.61. The lowest BCUT2D eigenvalue weighted by atomic mass is 9.55. The molecular formula is C19H26N2O. The summed E-state index contributed by atoms with van der Waals surface area (Å²) in [4.78, 5) is 0. The predicted octanol–water partition coefficient (Wildman–Crippen LogP) is 3.87. The number of aryl methyl sites for hydroxylation is 1. The second kappa shape index (κ2) is 5.00. The summed E-state index contributed by atoms with van der Waals surface area (Å²) in [5.41, 5.74) is 4.63. The Labute approximate surface area is 132 Å². The largest absolute Gasteiger partial charge is 0.497 e. The van der Waals surface area contributed by atoms with E-state index in [1.165, 1.54) is 43.4 Å². The van der Waals surface area contributed by atoms with Gasteiger partial charge in [0.25, 0.3) is 0 Å². The number of hydrogen-bond acceptors (Lipinski definition) is 3. The Hall–Kier alpha value is -1.51. The number of rotatable bonds is 1. The topological polar surface area (TPSA) is 47.6 Å². The van der Waals surface area contributed by atoms with Crippen LogP contribution in [0.3, 0.4) is 0 Å². The van der Waals surface area contributed by atoms with Crippen LogP contribution >= 0.6 is 0 Å². The van der Waals surface area contributed by atoms with Gasteiger partial charge < -0.3 is 10.6 Å². The maximum absolute atomic E-state index is 5.68. The van der Waals surface area contributed by atoms with Gasteiger partial charge in [-0.1, -0.05) is 13.0 Å². The molecule has 4 rings (SSSR count). The van der Waals surface area contributed by atoms with Crippen molar-refractivity contribution < 1.29 is 4.74 Å². The molecule has 3 aliphatic carbocycles. The van der Waals surface area contributed by atoms with E-state index in [1.807, 2.05) is 0 Å². The van der Waals surface area contributed by atoms with Gasteiger partial charge in [0, 0.05) is 11.1 Å². The maximum Gasteiger partial charge on any atom is 0.119 e. The second-order valence-corrected chi connectivity index (χ2v) is 7.55. The number of hydrazone groups is 1. The van der Waals surface area contributed by atoms with Crippen molar-refractivity contribution in [3.05, 3.63) is 29.3 Å². The minimum atomic E-state index is 0.264. The summed E-state index contributed by atoms with van der Waals surface area (Å²) in [5, 5.41) is 4.15. The Morgan fingerprint density at radius 1 is 1.23 bits per heavy atom. The average molecular weight is 298 g/mol. The third-order valence-corrected chi connectivity index (χ3v) is 6.83. The van der Waals surface area contributed by atoms with Crippen LogP contribution in [0.5, 0.6) is 5.75 Å². The number of hydrogen-bond donors (Lipinski definition) is 1. The van der Waals surface area contributed by atoms with Crippen LogP contribution in [0.2, 0.25) is 0 Å². The number of nitrogens with zero attached hydrogens (tertiary/aromatic N) is 1. The van der Waals surface area contributed by atoms with Crippen LogP contribution in [0.15, 0.2) is 23.3 Å². The molecule has 2 saturated carbocycles. The molecule has 0 unspecified atom stereocenters. The summed E-state index contributed by atoms with van der Waals surface area (Å²) in [7, 11) is 1.76. The minimum Gasteiger partial charge on any atom is -0.497 e. The van der Waals surface area contributed by atoms with E-state index in [-0.39, 0.29) is 5.41 Å². The van der Waals surface area contributed by atoms with Crippen molar-refractivity contribution in [2.24, 2.45) is 28.2 Å². The fraction of sp³-hybridized carbons (Fsp3) is 0.632. The minimum absolute atomic E-state index is 0.264. The smallest absolute Gasteiger partial charge is 0.119 e. The van der Waals surface area contributed by atoms with Crippen molar-refractivity contribution in [3.8, 4) is 5.75 Å². The van der Waals surface area contributed by atoms with Gasteiger partial charge >= 0.3 is 0 Å². The third kappa shape index (κ3) is 1.84. The van der Waals surface area contributed by atoms with Crippen molar-refractivity contribution in [1.82, 2.24) is 0 Å². The lowest BCUT2D eigenvalue weighted by molar-refractivity contribution is 0.0955. The maximum atomic E-state index is 5.68. The highest BCUT2D eigenvalue weighted by molar-refractivity contribution is 5.92. The Morgan fingerprint density at radius 3 is 2.86 bits per heavy atom. The number of fused-ring (bicyclic) bond motifs is 5. The molecule has 4 atom stereocenters. The molecule has 0 bridgehead atoms. The quantitative estimate of drug-likeness (QED) is 0.632. The Bertz CT molecular complexity index is 624. The van der Waals surface area contributed by atoms with E-state index in [1.54, 1.807) is 12.7 Å². The molecule has 2 fully saturated rings. The highest BCUT2D eigenvalue weighted by Gasteiger charge is 2.53. The van der Waals surface area contributed by atoms with Gasteiger partial charge in [0.1, 0.15) is 5.75 Å². The van der Waals surface area contributed by atoms with Gasteiger partial charge in [0.05, 0.1) is 7.11 Å². The molecule has 0 heterocycles. The zero-order chi connectivity index (χ0) is 15.3. The summed E-state index contributed by atoms with van der Waals surface area (Å²) >= 11 is 0. The van der Waals surface area contributed by atoms with Crippen LogP contribution < -0.4 is 10.6 Å². The van der Waals surface area contributed by atoms with E-state index in [4.69, 9.17) is 10.6 Å². The van der Waals surface area contributed by atoms with Crippen LogP contribution in [0.1, 0.15) is 56.1 Å². The van der Waals surface area contributed by atoms with Crippen LogP contribution in [0, 0.1) is 17.3 Å². The fourth-order valence-corrected chi connectivity index (χ4v) is 5.69. The summed E-state index contributed by atoms with van der Waals surface area (Å²) < 4.78 is 5.40. The highest BCUT2D eigenvalue weighted by atomic mass is 16.5. The average Bonchev–Trinajstić information content (AvgIpc) is 2.90. The van der Waals surface area contributed by atoms with Gasteiger partial charge in [-0.05, 0) is 79.5 Å². The van der Waals surface area contributed by atoms with Crippen LogP contribution in [0.4, 0.5) is 0 Å². The molecule has 3 nitrogen and oxygen atoms in total. The molecule has 1 aromatic carbocycles. The first-order valence-corrected chi connectivity index (χ1v) is 8.61. The van der Waals surface area contributed by atoms with Gasteiger partial charge in [-0.15, -0.1) is 0 Å². The lowest BCUT2D eigenvalue weighted by Gasteiger charge is -2.49. The molecule has 22 heavy (non-hydrogen) atoms. The van der Waals surface area contributed by atoms with E-state index in [9.17, 15) is 0 Å². The van der Waals surface area contributed by atoms with Gasteiger partial charge in [0.2, 0.25) is 0 Å². The summed E-state index contributed by atoms with van der Waals surface area (Å²) in [5.74, 6) is 8.97. The number of ether oxygens (including phenoxy) is 1. The number of nitrogens with two attached hydrogens (primary N) is 1. The summed E-state index contributed by atoms with van der Waals surface area (Å²) in [6.45, 7) is 2.41. The van der Waals surface area contributed by atoms with Crippen molar-refractivity contribution >= 4 is 5.71 Å². The molecule has 3 aliphatic rings. The van der Waals surface area contributed by atoms with Crippen LogP contribution in [0.25, 0.3) is 0 Å². The SMILES string of the molecule is COc1ccc2c(c1)CC[C@H]1[C@@H]2CC[C@@]2(C)/C(=N\N)CC[C@@H]12. The first-order chi connectivity index (χ1) is 10.7. The Balaban J connectivity index is 1.69. The normalized spacial score (nSPS) is 38.3. The van der Waals surface area contributed by atoms with Gasteiger partial charge in [-0.3, -0.25) is 0 Å². The van der Waals surface area contributed by atoms with E-state index in [0.29, 0.717) is 0 Å². The summed E-state index contributed by atoms with van der Waals surface area (Å²) in [6, 6.07) is 6.71. The van der Waals surface area contributed by atoms with Crippen LogP contribution in [-0.4, -0.2) is 12.8 Å². The van der Waals surface area contributed by atoms with Crippen molar-refractivity contribution in [2.45, 2.75) is 51.4 Å². The Kier molecular flexibility index (Phi) is 3.21. The first kappa shape index (κ1) is 14.1. The van der Waals surface area contributed by atoms with E-state index < -0.39 is 0 Å². The molecule has 1 aromatic rings. The molecule has 0 amide bonds. The van der Waals surface area contributed by atoms with Gasteiger partial charge in [-0.25, -0.2) is 0 Å². The van der Waals surface area contributed by atoms with Crippen LogP contribution in [-0.2, 0) is 6.42 Å². The molecule has 2 N–H and O–H groups in total. The molecular weight excluding hydrogens is 272 g/mol.